The molecule has 0 saturated carbocycles. The van der Waals surface area contributed by atoms with Crippen LogP contribution in [-0.4, -0.2) is 23.3 Å². The van der Waals surface area contributed by atoms with Crippen LogP contribution >= 0.6 is 0 Å². The van der Waals surface area contributed by atoms with Gasteiger partial charge in [0.1, 0.15) is 0 Å². The summed E-state index contributed by atoms with van der Waals surface area (Å²) in [6, 6.07) is 0. The Hall–Kier alpha value is -0.610. The van der Waals surface area contributed by atoms with E-state index in [1.54, 1.807) is 5.48 Å². The Bertz CT molecular complexity index is 162. The number of nitrogens with one attached hydrogen (secondary N) is 1. The summed E-state index contributed by atoms with van der Waals surface area (Å²) in [4.78, 5) is 11.0. The first-order chi connectivity index (χ1) is 5.63. The fourth-order valence-electron chi connectivity index (χ4n) is 1.71. The van der Waals surface area contributed by atoms with Crippen molar-refractivity contribution in [3.8, 4) is 0 Å². The summed E-state index contributed by atoms with van der Waals surface area (Å²) in [6.07, 6.45) is 1.60. The maximum atomic E-state index is 11.0. The predicted octanol–water partition coefficient (Wildman–Crippen LogP) is 0.695. The van der Waals surface area contributed by atoms with Crippen molar-refractivity contribution in [2.75, 3.05) is 0 Å². The number of amides is 1. The van der Waals surface area contributed by atoms with Gasteiger partial charge in [-0.25, -0.2) is 5.48 Å². The van der Waals surface area contributed by atoms with Gasteiger partial charge in [0.2, 0.25) is 5.91 Å². The molecule has 1 aliphatic heterocycles. The minimum atomic E-state index is -0.294. The molecule has 0 bridgehead atoms. The van der Waals surface area contributed by atoms with Gasteiger partial charge in [-0.2, -0.15) is 0 Å². The molecule has 4 heteroatoms. The second-order valence-corrected chi connectivity index (χ2v) is 3.40. The standard InChI is InChI=1S/C8H15NO3/c1-5-3-7(8(10)9-11)4-6(2)12-5/h5-7,11H,3-4H2,1-2H3,(H,9,10). The highest BCUT2D eigenvalue weighted by atomic mass is 16.5. The molecule has 2 N–H and O–H groups in total. The number of rotatable bonds is 1. The van der Waals surface area contributed by atoms with Gasteiger partial charge in [-0.1, -0.05) is 0 Å². The van der Waals surface area contributed by atoms with E-state index in [-0.39, 0.29) is 24.0 Å². The molecule has 0 aromatic carbocycles. The van der Waals surface area contributed by atoms with E-state index in [0.29, 0.717) is 12.8 Å². The van der Waals surface area contributed by atoms with Gasteiger partial charge in [-0.15, -0.1) is 0 Å². The highest BCUT2D eigenvalue weighted by Crippen LogP contribution is 2.24. The quantitative estimate of drug-likeness (QED) is 0.453. The summed E-state index contributed by atoms with van der Waals surface area (Å²) in [5.74, 6) is -0.397. The van der Waals surface area contributed by atoms with Crippen LogP contribution in [0.4, 0.5) is 0 Å². The van der Waals surface area contributed by atoms with Gasteiger partial charge in [0.25, 0.3) is 0 Å². The molecule has 0 radical (unpaired) electrons. The Balaban J connectivity index is 2.49. The summed E-state index contributed by atoms with van der Waals surface area (Å²) in [5.41, 5.74) is 1.68. The molecule has 0 aromatic rings. The lowest BCUT2D eigenvalue weighted by molar-refractivity contribution is -0.141. The number of ether oxygens (including phenoxy) is 1. The maximum Gasteiger partial charge on any atom is 0.246 e. The largest absolute Gasteiger partial charge is 0.376 e. The summed E-state index contributed by atoms with van der Waals surface area (Å²) < 4.78 is 5.45. The Morgan fingerprint density at radius 2 is 1.92 bits per heavy atom. The molecule has 1 amide bonds. The third-order valence-electron chi connectivity index (χ3n) is 2.18. The molecule has 1 rings (SSSR count). The van der Waals surface area contributed by atoms with Crippen LogP contribution in [0, 0.1) is 5.92 Å². The van der Waals surface area contributed by atoms with E-state index in [0.717, 1.165) is 0 Å². The van der Waals surface area contributed by atoms with Crippen LogP contribution in [0.2, 0.25) is 0 Å². The van der Waals surface area contributed by atoms with Crippen LogP contribution in [-0.2, 0) is 9.53 Å². The average Bonchev–Trinajstić information content (AvgIpc) is 2.01. The molecule has 0 spiro atoms. The van der Waals surface area contributed by atoms with E-state index in [1.165, 1.54) is 0 Å². The van der Waals surface area contributed by atoms with Crippen molar-refractivity contribution in [2.24, 2.45) is 5.92 Å². The minimum absolute atomic E-state index is 0.103. The first-order valence-corrected chi connectivity index (χ1v) is 4.23. The van der Waals surface area contributed by atoms with Crippen LogP contribution in [0.3, 0.4) is 0 Å². The third-order valence-corrected chi connectivity index (χ3v) is 2.18. The van der Waals surface area contributed by atoms with Gasteiger partial charge in [0, 0.05) is 5.92 Å². The first-order valence-electron chi connectivity index (χ1n) is 4.23. The normalized spacial score (nSPS) is 36.1. The van der Waals surface area contributed by atoms with Crippen molar-refractivity contribution in [2.45, 2.75) is 38.9 Å². The average molecular weight is 173 g/mol. The molecule has 70 valence electrons. The first kappa shape index (κ1) is 9.48. The molecule has 1 heterocycles. The Kier molecular flexibility index (Phi) is 3.05. The van der Waals surface area contributed by atoms with Crippen molar-refractivity contribution in [1.82, 2.24) is 5.48 Å². The molecular formula is C8H15NO3. The Labute approximate surface area is 71.9 Å². The molecule has 1 fully saturated rings. The second-order valence-electron chi connectivity index (χ2n) is 3.40. The zero-order chi connectivity index (χ0) is 9.14. The van der Waals surface area contributed by atoms with Crippen LogP contribution in [0.5, 0.6) is 0 Å². The summed E-state index contributed by atoms with van der Waals surface area (Å²) in [5, 5.41) is 8.42. The molecule has 4 nitrogen and oxygen atoms in total. The van der Waals surface area contributed by atoms with Crippen LogP contribution in [0.15, 0.2) is 0 Å². The molecular weight excluding hydrogens is 158 g/mol. The van der Waals surface area contributed by atoms with Crippen molar-refractivity contribution in [1.29, 1.82) is 0 Å². The van der Waals surface area contributed by atoms with E-state index < -0.39 is 0 Å². The molecule has 2 unspecified atom stereocenters. The number of hydrogen-bond acceptors (Lipinski definition) is 3. The second kappa shape index (κ2) is 3.87. The monoisotopic (exact) mass is 173 g/mol. The van der Waals surface area contributed by atoms with Gasteiger partial charge in [-0.3, -0.25) is 10.0 Å². The molecule has 2 atom stereocenters. The van der Waals surface area contributed by atoms with Gasteiger partial charge in [0.05, 0.1) is 12.2 Å². The number of hydrogen-bond donors (Lipinski definition) is 2. The molecule has 0 aromatic heterocycles. The zero-order valence-electron chi connectivity index (χ0n) is 7.41. The van der Waals surface area contributed by atoms with Crippen LogP contribution in [0.25, 0.3) is 0 Å². The predicted molar refractivity (Wildman–Crippen MR) is 42.7 cm³/mol. The fourth-order valence-corrected chi connectivity index (χ4v) is 1.71. The SMILES string of the molecule is CC1CC(C(=O)NO)CC(C)O1. The van der Waals surface area contributed by atoms with E-state index >= 15 is 0 Å². The van der Waals surface area contributed by atoms with E-state index in [9.17, 15) is 4.79 Å². The van der Waals surface area contributed by atoms with Crippen LogP contribution in [0.1, 0.15) is 26.7 Å². The fraction of sp³-hybridized carbons (Fsp3) is 0.875. The third kappa shape index (κ3) is 2.19. The lowest BCUT2D eigenvalue weighted by atomic mass is 9.92. The van der Waals surface area contributed by atoms with Gasteiger partial charge in [0.15, 0.2) is 0 Å². The van der Waals surface area contributed by atoms with Gasteiger partial charge >= 0.3 is 0 Å². The van der Waals surface area contributed by atoms with Crippen molar-refractivity contribution < 1.29 is 14.7 Å². The number of carbonyl (C=O) groups is 1. The molecule has 1 saturated heterocycles. The smallest absolute Gasteiger partial charge is 0.246 e. The lowest BCUT2D eigenvalue weighted by Crippen LogP contribution is -2.38. The molecule has 12 heavy (non-hydrogen) atoms. The van der Waals surface area contributed by atoms with Crippen molar-refractivity contribution in [3.63, 3.8) is 0 Å². The van der Waals surface area contributed by atoms with Gasteiger partial charge < -0.3 is 4.74 Å². The highest BCUT2D eigenvalue weighted by molar-refractivity contribution is 5.77. The van der Waals surface area contributed by atoms with E-state index in [4.69, 9.17) is 9.94 Å². The maximum absolute atomic E-state index is 11.0. The van der Waals surface area contributed by atoms with Crippen LogP contribution < -0.4 is 5.48 Å². The van der Waals surface area contributed by atoms with Crippen molar-refractivity contribution >= 4 is 5.91 Å². The van der Waals surface area contributed by atoms with E-state index in [1.807, 2.05) is 13.8 Å². The van der Waals surface area contributed by atoms with Gasteiger partial charge in [-0.05, 0) is 26.7 Å². The highest BCUT2D eigenvalue weighted by Gasteiger charge is 2.29. The lowest BCUT2D eigenvalue weighted by Gasteiger charge is -2.30. The molecule has 1 aliphatic rings. The Morgan fingerprint density at radius 3 is 2.33 bits per heavy atom. The summed E-state index contributed by atoms with van der Waals surface area (Å²) >= 11 is 0. The Morgan fingerprint density at radius 1 is 1.42 bits per heavy atom. The topological polar surface area (TPSA) is 58.6 Å². The van der Waals surface area contributed by atoms with Crippen molar-refractivity contribution in [3.05, 3.63) is 0 Å². The summed E-state index contributed by atoms with van der Waals surface area (Å²) in [7, 11) is 0. The number of carbonyl (C=O) groups excluding carboxylic acids is 1. The number of hydroxylamine groups is 1. The van der Waals surface area contributed by atoms with E-state index in [2.05, 4.69) is 0 Å². The zero-order valence-corrected chi connectivity index (χ0v) is 7.41. The minimum Gasteiger partial charge on any atom is -0.376 e. The summed E-state index contributed by atoms with van der Waals surface area (Å²) in [6.45, 7) is 3.88. The molecule has 0 aliphatic carbocycles.